The number of rotatable bonds is 4. The Bertz CT molecular complexity index is 526. The van der Waals surface area contributed by atoms with Gasteiger partial charge in [0.15, 0.2) is 0 Å². The number of piperidine rings is 1. The van der Waals surface area contributed by atoms with Gasteiger partial charge < -0.3 is 10.6 Å². The quantitative estimate of drug-likeness (QED) is 0.925. The van der Waals surface area contributed by atoms with Gasteiger partial charge >= 0.3 is 0 Å². The summed E-state index contributed by atoms with van der Waals surface area (Å²) in [7, 11) is 1.93. The van der Waals surface area contributed by atoms with Gasteiger partial charge in [-0.2, -0.15) is 0 Å². The molecule has 1 aliphatic carbocycles. The van der Waals surface area contributed by atoms with Crippen LogP contribution in [0, 0.1) is 0 Å². The lowest BCUT2D eigenvalue weighted by Crippen LogP contribution is -2.53. The standard InChI is InChI=1S/C18H27N3O/c1-14-12-16(20(2)17(22)18(19)9-10-18)8-11-21(14)13-15-6-4-3-5-7-15/h3-7,14,16H,8-13,19H2,1-2H3/t14-,16+/m1/s1. The molecule has 0 radical (unpaired) electrons. The molecule has 1 amide bonds. The highest BCUT2D eigenvalue weighted by Crippen LogP contribution is 2.35. The topological polar surface area (TPSA) is 49.6 Å². The number of carbonyl (C=O) groups is 1. The Labute approximate surface area is 133 Å². The summed E-state index contributed by atoms with van der Waals surface area (Å²) in [4.78, 5) is 16.8. The van der Waals surface area contributed by atoms with E-state index in [9.17, 15) is 4.79 Å². The zero-order valence-corrected chi connectivity index (χ0v) is 13.7. The first kappa shape index (κ1) is 15.5. The molecule has 1 heterocycles. The van der Waals surface area contributed by atoms with Gasteiger partial charge in [0.05, 0.1) is 5.54 Å². The molecule has 0 spiro atoms. The molecule has 120 valence electrons. The van der Waals surface area contributed by atoms with E-state index in [0.29, 0.717) is 12.1 Å². The molecular weight excluding hydrogens is 274 g/mol. The molecule has 2 fully saturated rings. The third-order valence-corrected chi connectivity index (χ3v) is 5.30. The summed E-state index contributed by atoms with van der Waals surface area (Å²) in [6.45, 7) is 4.30. The molecular formula is C18H27N3O. The van der Waals surface area contributed by atoms with E-state index in [1.807, 2.05) is 11.9 Å². The highest BCUT2D eigenvalue weighted by molar-refractivity contribution is 5.89. The Kier molecular flexibility index (Phi) is 4.24. The van der Waals surface area contributed by atoms with E-state index in [-0.39, 0.29) is 5.91 Å². The van der Waals surface area contributed by atoms with Gasteiger partial charge in [-0.05, 0) is 38.2 Å². The lowest BCUT2D eigenvalue weighted by atomic mass is 9.96. The fourth-order valence-corrected chi connectivity index (χ4v) is 3.47. The Balaban J connectivity index is 1.56. The fraction of sp³-hybridized carbons (Fsp3) is 0.611. The van der Waals surface area contributed by atoms with E-state index < -0.39 is 5.54 Å². The van der Waals surface area contributed by atoms with Crippen molar-refractivity contribution in [3.8, 4) is 0 Å². The van der Waals surface area contributed by atoms with E-state index in [1.165, 1.54) is 5.56 Å². The number of nitrogens with zero attached hydrogens (tertiary/aromatic N) is 2. The number of carbonyl (C=O) groups excluding carboxylic acids is 1. The molecule has 1 aliphatic heterocycles. The van der Waals surface area contributed by atoms with Crippen LogP contribution in [0.5, 0.6) is 0 Å². The van der Waals surface area contributed by atoms with Crippen LogP contribution in [0.2, 0.25) is 0 Å². The number of likely N-dealkylation sites (N-methyl/N-ethyl adjacent to an activating group) is 1. The zero-order valence-electron chi connectivity index (χ0n) is 13.7. The van der Waals surface area contributed by atoms with Crippen molar-refractivity contribution in [2.45, 2.75) is 56.8 Å². The maximum atomic E-state index is 12.4. The summed E-state index contributed by atoms with van der Waals surface area (Å²) in [5, 5.41) is 0. The van der Waals surface area contributed by atoms with Crippen LogP contribution < -0.4 is 5.73 Å². The maximum Gasteiger partial charge on any atom is 0.242 e. The minimum absolute atomic E-state index is 0.140. The molecule has 2 atom stereocenters. The van der Waals surface area contributed by atoms with Crippen LogP contribution in [0.1, 0.15) is 38.2 Å². The third-order valence-electron chi connectivity index (χ3n) is 5.30. The van der Waals surface area contributed by atoms with Crippen LogP contribution in [-0.4, -0.2) is 46.9 Å². The maximum absolute atomic E-state index is 12.4. The molecule has 1 saturated carbocycles. The highest BCUT2D eigenvalue weighted by Gasteiger charge is 2.48. The predicted octanol–water partition coefficient (Wildman–Crippen LogP) is 1.99. The van der Waals surface area contributed by atoms with Crippen molar-refractivity contribution in [1.29, 1.82) is 0 Å². The zero-order chi connectivity index (χ0) is 15.7. The molecule has 4 heteroatoms. The van der Waals surface area contributed by atoms with Crippen LogP contribution in [-0.2, 0) is 11.3 Å². The summed E-state index contributed by atoms with van der Waals surface area (Å²) in [6, 6.07) is 11.4. The summed E-state index contributed by atoms with van der Waals surface area (Å²) < 4.78 is 0. The van der Waals surface area contributed by atoms with Crippen molar-refractivity contribution in [2.75, 3.05) is 13.6 Å². The lowest BCUT2D eigenvalue weighted by molar-refractivity contribution is -0.135. The van der Waals surface area contributed by atoms with E-state index >= 15 is 0 Å². The first-order valence-corrected chi connectivity index (χ1v) is 8.34. The average Bonchev–Trinajstić information content (AvgIpc) is 3.28. The Morgan fingerprint density at radius 2 is 2.05 bits per heavy atom. The Morgan fingerprint density at radius 3 is 2.64 bits per heavy atom. The largest absolute Gasteiger partial charge is 0.341 e. The van der Waals surface area contributed by atoms with Crippen molar-refractivity contribution in [3.63, 3.8) is 0 Å². The van der Waals surface area contributed by atoms with Crippen LogP contribution in [0.15, 0.2) is 30.3 Å². The molecule has 1 aromatic rings. The molecule has 1 aromatic carbocycles. The first-order valence-electron chi connectivity index (χ1n) is 8.34. The summed E-state index contributed by atoms with van der Waals surface area (Å²) >= 11 is 0. The summed E-state index contributed by atoms with van der Waals surface area (Å²) in [6.07, 6.45) is 3.76. The van der Waals surface area contributed by atoms with Gasteiger partial charge in [0, 0.05) is 32.2 Å². The molecule has 3 rings (SSSR count). The Morgan fingerprint density at radius 1 is 1.36 bits per heavy atom. The molecule has 22 heavy (non-hydrogen) atoms. The molecule has 2 N–H and O–H groups in total. The van der Waals surface area contributed by atoms with Gasteiger partial charge in [0.2, 0.25) is 5.91 Å². The second kappa shape index (κ2) is 6.01. The summed E-state index contributed by atoms with van der Waals surface area (Å²) in [5.74, 6) is 0.140. The van der Waals surface area contributed by atoms with Gasteiger partial charge in [-0.3, -0.25) is 9.69 Å². The lowest BCUT2D eigenvalue weighted by Gasteiger charge is -2.41. The van der Waals surface area contributed by atoms with Gasteiger partial charge in [-0.1, -0.05) is 30.3 Å². The summed E-state index contributed by atoms with van der Waals surface area (Å²) in [5.41, 5.74) is 6.88. The Hall–Kier alpha value is -1.39. The van der Waals surface area contributed by atoms with E-state index in [0.717, 1.165) is 38.8 Å². The first-order chi connectivity index (χ1) is 10.5. The van der Waals surface area contributed by atoms with Crippen molar-refractivity contribution in [2.24, 2.45) is 5.73 Å². The van der Waals surface area contributed by atoms with Crippen molar-refractivity contribution in [3.05, 3.63) is 35.9 Å². The molecule has 0 bridgehead atoms. The van der Waals surface area contributed by atoms with Gasteiger partial charge in [-0.25, -0.2) is 0 Å². The number of nitrogens with two attached hydrogens (primary N) is 1. The predicted molar refractivity (Wildman–Crippen MR) is 88.3 cm³/mol. The average molecular weight is 301 g/mol. The van der Waals surface area contributed by atoms with E-state index in [2.05, 4.69) is 42.2 Å². The van der Waals surface area contributed by atoms with E-state index in [1.54, 1.807) is 0 Å². The second-order valence-corrected chi connectivity index (χ2v) is 7.06. The number of amides is 1. The molecule has 0 unspecified atom stereocenters. The van der Waals surface area contributed by atoms with Crippen molar-refractivity contribution < 1.29 is 4.79 Å². The van der Waals surface area contributed by atoms with Crippen LogP contribution in [0.3, 0.4) is 0 Å². The molecule has 0 aromatic heterocycles. The minimum Gasteiger partial charge on any atom is -0.341 e. The normalized spacial score (nSPS) is 27.4. The minimum atomic E-state index is -0.542. The van der Waals surface area contributed by atoms with Gasteiger partial charge in [0.25, 0.3) is 0 Å². The molecule has 2 aliphatic rings. The van der Waals surface area contributed by atoms with Gasteiger partial charge in [-0.15, -0.1) is 0 Å². The third kappa shape index (κ3) is 3.18. The van der Waals surface area contributed by atoms with E-state index in [4.69, 9.17) is 5.73 Å². The number of likely N-dealkylation sites (tertiary alicyclic amines) is 1. The smallest absolute Gasteiger partial charge is 0.242 e. The number of benzene rings is 1. The number of hydrogen-bond acceptors (Lipinski definition) is 3. The fourth-order valence-electron chi connectivity index (χ4n) is 3.47. The van der Waals surface area contributed by atoms with Crippen molar-refractivity contribution >= 4 is 5.91 Å². The monoisotopic (exact) mass is 301 g/mol. The van der Waals surface area contributed by atoms with Crippen LogP contribution >= 0.6 is 0 Å². The highest BCUT2D eigenvalue weighted by atomic mass is 16.2. The molecule has 1 saturated heterocycles. The van der Waals surface area contributed by atoms with Crippen LogP contribution in [0.4, 0.5) is 0 Å². The van der Waals surface area contributed by atoms with Crippen molar-refractivity contribution in [1.82, 2.24) is 9.80 Å². The molecule has 4 nitrogen and oxygen atoms in total. The second-order valence-electron chi connectivity index (χ2n) is 7.06. The van der Waals surface area contributed by atoms with Crippen LogP contribution in [0.25, 0.3) is 0 Å². The van der Waals surface area contributed by atoms with Gasteiger partial charge in [0.1, 0.15) is 0 Å². The number of hydrogen-bond donors (Lipinski definition) is 1. The SMILES string of the molecule is C[C@@H]1C[C@@H](N(C)C(=O)C2(N)CC2)CCN1Cc1ccccc1.